The summed E-state index contributed by atoms with van der Waals surface area (Å²) in [5.74, 6) is -1.22. The fraction of sp³-hybridized carbons (Fsp3) is 0.300. The van der Waals surface area contributed by atoms with Crippen LogP contribution in [-0.4, -0.2) is 59.4 Å². The molecule has 0 fully saturated rings. The monoisotopic (exact) mass is 419 g/mol. The summed E-state index contributed by atoms with van der Waals surface area (Å²) in [6.45, 7) is -0.153. The first-order valence-electron chi connectivity index (χ1n) is 8.84. The molecule has 0 aromatic heterocycles. The van der Waals surface area contributed by atoms with E-state index in [2.05, 4.69) is 5.32 Å². The fourth-order valence-electron chi connectivity index (χ4n) is 2.37. The lowest BCUT2D eigenvalue weighted by atomic mass is 10.2. The van der Waals surface area contributed by atoms with Gasteiger partial charge >= 0.3 is 5.97 Å². The Balaban J connectivity index is 1.89. The maximum Gasteiger partial charge on any atom is 0.338 e. The molecule has 2 aromatic carbocycles. The largest absolute Gasteiger partial charge is 0.452 e. The van der Waals surface area contributed by atoms with Gasteiger partial charge in [-0.3, -0.25) is 4.79 Å². The number of benzene rings is 2. The molecule has 0 unspecified atom stereocenters. The number of hydrogen-bond donors (Lipinski definition) is 1. The van der Waals surface area contributed by atoms with Crippen LogP contribution in [-0.2, 0) is 26.1 Å². The molecule has 29 heavy (non-hydrogen) atoms. The molecule has 0 atom stereocenters. The minimum atomic E-state index is -3.67. The molecule has 2 rings (SSSR count). The van der Waals surface area contributed by atoms with Gasteiger partial charge in [-0.1, -0.05) is 18.2 Å². The summed E-state index contributed by atoms with van der Waals surface area (Å²) >= 11 is 0. The molecular formula is C20H25N3O5S. The minimum Gasteiger partial charge on any atom is -0.452 e. The zero-order valence-corrected chi connectivity index (χ0v) is 17.7. The van der Waals surface area contributed by atoms with Gasteiger partial charge in [-0.25, -0.2) is 17.5 Å². The van der Waals surface area contributed by atoms with Crippen LogP contribution in [0.15, 0.2) is 53.4 Å². The molecule has 0 saturated carbocycles. The van der Waals surface area contributed by atoms with Gasteiger partial charge in [0.15, 0.2) is 6.61 Å². The summed E-state index contributed by atoms with van der Waals surface area (Å²) in [6, 6.07) is 13.2. The van der Waals surface area contributed by atoms with Gasteiger partial charge in [-0.2, -0.15) is 0 Å². The summed E-state index contributed by atoms with van der Waals surface area (Å²) in [7, 11) is 3.02. The van der Waals surface area contributed by atoms with Crippen molar-refractivity contribution in [1.82, 2.24) is 9.62 Å². The van der Waals surface area contributed by atoms with E-state index in [4.69, 9.17) is 4.74 Å². The third-order valence-corrected chi connectivity index (χ3v) is 5.94. The van der Waals surface area contributed by atoms with Gasteiger partial charge in [0, 0.05) is 40.4 Å². The van der Waals surface area contributed by atoms with E-state index in [1.165, 1.54) is 38.4 Å². The first kappa shape index (κ1) is 22.4. The summed E-state index contributed by atoms with van der Waals surface area (Å²) in [5, 5.41) is 2.67. The number of carbonyl (C=O) groups excluding carboxylic acids is 2. The van der Waals surface area contributed by atoms with Crippen molar-refractivity contribution in [3.8, 4) is 0 Å². The Morgan fingerprint density at radius 3 is 2.24 bits per heavy atom. The highest BCUT2D eigenvalue weighted by Crippen LogP contribution is 2.15. The SMILES string of the molecule is CN(C)c1ccc(CNC(=O)COC(=O)c2cccc(S(=O)(=O)N(C)C)c2)cc1. The van der Waals surface area contributed by atoms with Crippen LogP contribution in [0.1, 0.15) is 15.9 Å². The highest BCUT2D eigenvalue weighted by Gasteiger charge is 2.19. The predicted molar refractivity (Wildman–Crippen MR) is 110 cm³/mol. The van der Waals surface area contributed by atoms with E-state index in [0.717, 1.165) is 15.6 Å². The van der Waals surface area contributed by atoms with Crippen molar-refractivity contribution in [3.05, 3.63) is 59.7 Å². The van der Waals surface area contributed by atoms with Gasteiger partial charge in [0.05, 0.1) is 10.5 Å². The molecule has 2 aromatic rings. The molecule has 0 aliphatic rings. The molecule has 8 nitrogen and oxygen atoms in total. The number of nitrogens with zero attached hydrogens (tertiary/aromatic N) is 2. The smallest absolute Gasteiger partial charge is 0.338 e. The zero-order chi connectivity index (χ0) is 21.6. The molecule has 0 bridgehead atoms. The van der Waals surface area contributed by atoms with Crippen LogP contribution in [0.5, 0.6) is 0 Å². The van der Waals surface area contributed by atoms with Gasteiger partial charge in [-0.05, 0) is 35.9 Å². The first-order valence-corrected chi connectivity index (χ1v) is 10.3. The number of esters is 1. The fourth-order valence-corrected chi connectivity index (χ4v) is 3.32. The lowest BCUT2D eigenvalue weighted by Crippen LogP contribution is -2.28. The second-order valence-corrected chi connectivity index (χ2v) is 8.88. The topological polar surface area (TPSA) is 96.0 Å². The van der Waals surface area contributed by atoms with Crippen molar-refractivity contribution in [1.29, 1.82) is 0 Å². The number of rotatable bonds is 8. The molecule has 1 amide bonds. The molecule has 9 heteroatoms. The normalized spacial score (nSPS) is 11.2. The Hall–Kier alpha value is -2.91. The van der Waals surface area contributed by atoms with Crippen LogP contribution in [0.25, 0.3) is 0 Å². The second-order valence-electron chi connectivity index (χ2n) is 6.73. The van der Waals surface area contributed by atoms with Crippen LogP contribution < -0.4 is 10.2 Å². The van der Waals surface area contributed by atoms with Crippen molar-refractivity contribution in [3.63, 3.8) is 0 Å². The Morgan fingerprint density at radius 1 is 1.00 bits per heavy atom. The van der Waals surface area contributed by atoms with Crippen molar-refractivity contribution in [2.45, 2.75) is 11.4 Å². The van der Waals surface area contributed by atoms with E-state index in [1.807, 2.05) is 43.3 Å². The maximum absolute atomic E-state index is 12.2. The van der Waals surface area contributed by atoms with Crippen LogP contribution in [0, 0.1) is 0 Å². The van der Waals surface area contributed by atoms with Gasteiger partial charge < -0.3 is 15.0 Å². The molecule has 0 aliphatic carbocycles. The maximum atomic E-state index is 12.2. The molecule has 156 valence electrons. The number of nitrogens with one attached hydrogen (secondary N) is 1. The second kappa shape index (κ2) is 9.53. The molecule has 0 spiro atoms. The van der Waals surface area contributed by atoms with E-state index < -0.39 is 28.5 Å². The van der Waals surface area contributed by atoms with E-state index in [0.29, 0.717) is 6.54 Å². The van der Waals surface area contributed by atoms with Crippen molar-refractivity contribution in [2.24, 2.45) is 0 Å². The Labute approximate surface area is 171 Å². The lowest BCUT2D eigenvalue weighted by Gasteiger charge is -2.13. The molecule has 0 heterocycles. The quantitative estimate of drug-likeness (QED) is 0.651. The highest BCUT2D eigenvalue weighted by molar-refractivity contribution is 7.89. The summed E-state index contributed by atoms with van der Waals surface area (Å²) < 4.78 is 30.4. The summed E-state index contributed by atoms with van der Waals surface area (Å²) in [4.78, 5) is 26.0. The van der Waals surface area contributed by atoms with Crippen molar-refractivity contribution in [2.75, 3.05) is 39.7 Å². The third kappa shape index (κ3) is 6.03. The molecule has 1 N–H and O–H groups in total. The zero-order valence-electron chi connectivity index (χ0n) is 16.9. The molecular weight excluding hydrogens is 394 g/mol. The van der Waals surface area contributed by atoms with Gasteiger partial charge in [0.25, 0.3) is 5.91 Å². The standard InChI is InChI=1S/C20H25N3O5S/c1-22(2)17-10-8-15(9-11-17)13-21-19(24)14-28-20(25)16-6-5-7-18(12-16)29(26,27)23(3)4/h5-12H,13-14H2,1-4H3,(H,21,24). The number of hydrogen-bond acceptors (Lipinski definition) is 6. The van der Waals surface area contributed by atoms with Crippen molar-refractivity contribution >= 4 is 27.6 Å². The van der Waals surface area contributed by atoms with E-state index >= 15 is 0 Å². The van der Waals surface area contributed by atoms with Gasteiger partial charge in [-0.15, -0.1) is 0 Å². The van der Waals surface area contributed by atoms with Gasteiger partial charge in [0.2, 0.25) is 10.0 Å². The number of carbonyl (C=O) groups is 2. The average molecular weight is 420 g/mol. The highest BCUT2D eigenvalue weighted by atomic mass is 32.2. The number of sulfonamides is 1. The first-order chi connectivity index (χ1) is 13.6. The summed E-state index contributed by atoms with van der Waals surface area (Å²) in [5.41, 5.74) is 2.02. The number of ether oxygens (including phenoxy) is 1. The van der Waals surface area contributed by atoms with Crippen LogP contribution in [0.3, 0.4) is 0 Å². The Kier molecular flexibility index (Phi) is 7.35. The third-order valence-electron chi connectivity index (χ3n) is 4.13. The van der Waals surface area contributed by atoms with Crippen LogP contribution in [0.2, 0.25) is 0 Å². The van der Waals surface area contributed by atoms with Crippen LogP contribution >= 0.6 is 0 Å². The average Bonchev–Trinajstić information content (AvgIpc) is 2.70. The Bertz CT molecular complexity index is 970. The van der Waals surface area contributed by atoms with E-state index in [9.17, 15) is 18.0 Å². The molecule has 0 saturated heterocycles. The predicted octanol–water partition coefficient (Wildman–Crippen LogP) is 1.48. The van der Waals surface area contributed by atoms with Gasteiger partial charge in [0.1, 0.15) is 0 Å². The van der Waals surface area contributed by atoms with Crippen LogP contribution in [0.4, 0.5) is 5.69 Å². The molecule has 0 radical (unpaired) electrons. The van der Waals surface area contributed by atoms with E-state index in [1.54, 1.807) is 0 Å². The minimum absolute atomic E-state index is 0.0254. The van der Waals surface area contributed by atoms with Crippen molar-refractivity contribution < 1.29 is 22.7 Å². The Morgan fingerprint density at radius 2 is 1.66 bits per heavy atom. The molecule has 0 aliphatic heterocycles. The lowest BCUT2D eigenvalue weighted by molar-refractivity contribution is -0.124. The van der Waals surface area contributed by atoms with E-state index in [-0.39, 0.29) is 10.5 Å². The number of amides is 1. The number of anilines is 1. The summed E-state index contributed by atoms with van der Waals surface area (Å²) in [6.07, 6.45) is 0.